The van der Waals surface area contributed by atoms with E-state index in [1.54, 1.807) is 0 Å². The molecule has 94 valence electrons. The van der Waals surface area contributed by atoms with Crippen molar-refractivity contribution in [2.45, 2.75) is 57.9 Å². The van der Waals surface area contributed by atoms with E-state index in [1.165, 1.54) is 36.8 Å². The molecule has 0 spiro atoms. The Morgan fingerprint density at radius 2 is 1.88 bits per heavy atom. The van der Waals surface area contributed by atoms with Crippen LogP contribution in [0.2, 0.25) is 0 Å². The molecule has 2 rings (SSSR count). The minimum atomic E-state index is -0.0718. The third-order valence-electron chi connectivity index (χ3n) is 4.44. The first-order chi connectivity index (χ1) is 8.14. The van der Waals surface area contributed by atoms with Crippen molar-refractivity contribution in [2.24, 2.45) is 11.7 Å². The molecule has 1 aromatic carbocycles. The van der Waals surface area contributed by atoms with Crippen molar-refractivity contribution >= 4 is 0 Å². The summed E-state index contributed by atoms with van der Waals surface area (Å²) in [4.78, 5) is 0. The van der Waals surface area contributed by atoms with Crippen molar-refractivity contribution < 1.29 is 0 Å². The van der Waals surface area contributed by atoms with Gasteiger partial charge in [0.15, 0.2) is 0 Å². The van der Waals surface area contributed by atoms with Crippen LogP contribution in [0.15, 0.2) is 24.3 Å². The van der Waals surface area contributed by atoms with E-state index in [2.05, 4.69) is 38.1 Å². The van der Waals surface area contributed by atoms with Crippen LogP contribution in [0.1, 0.15) is 56.6 Å². The molecule has 17 heavy (non-hydrogen) atoms. The zero-order valence-electron chi connectivity index (χ0n) is 11.2. The normalized spacial score (nSPS) is 29.9. The molecule has 0 saturated heterocycles. The van der Waals surface area contributed by atoms with Gasteiger partial charge in [0.25, 0.3) is 0 Å². The molecule has 1 aliphatic carbocycles. The molecule has 0 radical (unpaired) electrons. The average Bonchev–Trinajstić information content (AvgIpc) is 2.53. The monoisotopic (exact) mass is 231 g/mol. The predicted molar refractivity (Wildman–Crippen MR) is 73.9 cm³/mol. The van der Waals surface area contributed by atoms with Crippen molar-refractivity contribution in [3.05, 3.63) is 35.4 Å². The van der Waals surface area contributed by atoms with Gasteiger partial charge in [0.2, 0.25) is 0 Å². The lowest BCUT2D eigenvalue weighted by Gasteiger charge is -2.29. The first-order valence-electron chi connectivity index (χ1n) is 7.00. The maximum atomic E-state index is 6.65. The lowest BCUT2D eigenvalue weighted by Crippen LogP contribution is -2.36. The van der Waals surface area contributed by atoms with E-state index < -0.39 is 0 Å². The third-order valence-corrected chi connectivity index (χ3v) is 4.44. The molecular weight excluding hydrogens is 206 g/mol. The molecule has 0 amide bonds. The molecule has 0 aliphatic heterocycles. The van der Waals surface area contributed by atoms with Gasteiger partial charge in [-0.25, -0.2) is 0 Å². The summed E-state index contributed by atoms with van der Waals surface area (Å²) in [5, 5.41) is 0. The number of hydrogen-bond donors (Lipinski definition) is 1. The molecule has 1 nitrogen and oxygen atoms in total. The highest BCUT2D eigenvalue weighted by Gasteiger charge is 2.30. The van der Waals surface area contributed by atoms with Gasteiger partial charge in [-0.15, -0.1) is 0 Å². The van der Waals surface area contributed by atoms with E-state index in [-0.39, 0.29) is 5.54 Å². The van der Waals surface area contributed by atoms with Crippen molar-refractivity contribution in [3.63, 3.8) is 0 Å². The van der Waals surface area contributed by atoms with Crippen LogP contribution in [0.5, 0.6) is 0 Å². The first-order valence-corrected chi connectivity index (χ1v) is 7.00. The van der Waals surface area contributed by atoms with E-state index in [4.69, 9.17) is 5.73 Å². The Hall–Kier alpha value is -0.820. The van der Waals surface area contributed by atoms with Gasteiger partial charge in [-0.1, -0.05) is 56.0 Å². The van der Waals surface area contributed by atoms with Gasteiger partial charge in [0.05, 0.1) is 0 Å². The summed E-state index contributed by atoms with van der Waals surface area (Å²) < 4.78 is 0. The molecule has 2 unspecified atom stereocenters. The van der Waals surface area contributed by atoms with Crippen molar-refractivity contribution in [2.75, 3.05) is 0 Å². The molecule has 2 N–H and O–H groups in total. The number of benzene rings is 1. The SMILES string of the molecule is CCC1CCCC(N)(c2ccc(C)cc2)CC1. The predicted octanol–water partition coefficient (Wildman–Crippen LogP) is 4.14. The summed E-state index contributed by atoms with van der Waals surface area (Å²) in [5.41, 5.74) is 9.23. The van der Waals surface area contributed by atoms with Crippen LogP contribution in [-0.4, -0.2) is 0 Å². The fourth-order valence-electron chi connectivity index (χ4n) is 3.02. The van der Waals surface area contributed by atoms with E-state index in [0.29, 0.717) is 0 Å². The Kier molecular flexibility index (Phi) is 3.88. The number of hydrogen-bond acceptors (Lipinski definition) is 1. The van der Waals surface area contributed by atoms with Crippen LogP contribution >= 0.6 is 0 Å². The second kappa shape index (κ2) is 5.22. The molecule has 1 aromatic rings. The lowest BCUT2D eigenvalue weighted by molar-refractivity contribution is 0.371. The first kappa shape index (κ1) is 12.6. The Labute approximate surface area is 105 Å². The van der Waals surface area contributed by atoms with Crippen LogP contribution in [0, 0.1) is 12.8 Å². The summed E-state index contributed by atoms with van der Waals surface area (Å²) in [6, 6.07) is 8.82. The van der Waals surface area contributed by atoms with Crippen LogP contribution in [0.25, 0.3) is 0 Å². The van der Waals surface area contributed by atoms with E-state index in [1.807, 2.05) is 0 Å². The van der Waals surface area contributed by atoms with E-state index >= 15 is 0 Å². The van der Waals surface area contributed by atoms with E-state index in [0.717, 1.165) is 18.8 Å². The molecule has 1 aliphatic rings. The Bertz CT molecular complexity index is 354. The molecule has 2 atom stereocenters. The zero-order valence-corrected chi connectivity index (χ0v) is 11.2. The highest BCUT2D eigenvalue weighted by atomic mass is 14.7. The van der Waals surface area contributed by atoms with Crippen LogP contribution in [0.3, 0.4) is 0 Å². The third kappa shape index (κ3) is 2.90. The topological polar surface area (TPSA) is 26.0 Å². The van der Waals surface area contributed by atoms with Gasteiger partial charge in [-0.05, 0) is 37.7 Å². The summed E-state index contributed by atoms with van der Waals surface area (Å²) in [5.74, 6) is 0.894. The van der Waals surface area contributed by atoms with Crippen molar-refractivity contribution in [3.8, 4) is 0 Å². The molecule has 1 heteroatoms. The summed E-state index contributed by atoms with van der Waals surface area (Å²) in [7, 11) is 0. The van der Waals surface area contributed by atoms with Crippen LogP contribution in [-0.2, 0) is 5.54 Å². The minimum absolute atomic E-state index is 0.0718. The summed E-state index contributed by atoms with van der Waals surface area (Å²) in [6.07, 6.45) is 7.54. The number of nitrogens with two attached hydrogens (primary N) is 1. The fourth-order valence-corrected chi connectivity index (χ4v) is 3.02. The Morgan fingerprint density at radius 3 is 2.53 bits per heavy atom. The zero-order chi connectivity index (χ0) is 12.3. The van der Waals surface area contributed by atoms with Gasteiger partial charge < -0.3 is 5.73 Å². The molecular formula is C16H25N. The molecule has 0 heterocycles. The highest BCUT2D eigenvalue weighted by Crippen LogP contribution is 2.36. The van der Waals surface area contributed by atoms with Gasteiger partial charge in [0, 0.05) is 5.54 Å². The lowest BCUT2D eigenvalue weighted by atomic mass is 9.83. The van der Waals surface area contributed by atoms with E-state index in [9.17, 15) is 0 Å². The van der Waals surface area contributed by atoms with Crippen LogP contribution in [0.4, 0.5) is 0 Å². The smallest absolute Gasteiger partial charge is 0.0409 e. The molecule has 0 aromatic heterocycles. The van der Waals surface area contributed by atoms with Crippen LogP contribution < -0.4 is 5.73 Å². The molecule has 0 bridgehead atoms. The second-order valence-corrected chi connectivity index (χ2v) is 5.73. The standard InChI is InChI=1S/C16H25N/c1-3-14-5-4-11-16(17,12-10-14)15-8-6-13(2)7-9-15/h6-9,14H,3-5,10-12,17H2,1-2H3. The number of rotatable bonds is 2. The maximum absolute atomic E-state index is 6.65. The summed E-state index contributed by atoms with van der Waals surface area (Å²) in [6.45, 7) is 4.44. The Morgan fingerprint density at radius 1 is 1.18 bits per heavy atom. The van der Waals surface area contributed by atoms with Gasteiger partial charge in [-0.2, -0.15) is 0 Å². The van der Waals surface area contributed by atoms with Crippen molar-refractivity contribution in [1.29, 1.82) is 0 Å². The molecule has 1 saturated carbocycles. The Balaban J connectivity index is 2.15. The molecule has 1 fully saturated rings. The van der Waals surface area contributed by atoms with Gasteiger partial charge in [-0.3, -0.25) is 0 Å². The average molecular weight is 231 g/mol. The second-order valence-electron chi connectivity index (χ2n) is 5.73. The number of aryl methyl sites for hydroxylation is 1. The van der Waals surface area contributed by atoms with Crippen molar-refractivity contribution in [1.82, 2.24) is 0 Å². The summed E-state index contributed by atoms with van der Waals surface area (Å²) >= 11 is 0. The highest BCUT2D eigenvalue weighted by molar-refractivity contribution is 5.27. The largest absolute Gasteiger partial charge is 0.321 e. The fraction of sp³-hybridized carbons (Fsp3) is 0.625. The van der Waals surface area contributed by atoms with Gasteiger partial charge >= 0.3 is 0 Å². The minimum Gasteiger partial charge on any atom is -0.321 e. The quantitative estimate of drug-likeness (QED) is 0.761. The van der Waals surface area contributed by atoms with Gasteiger partial charge in [0.1, 0.15) is 0 Å². The maximum Gasteiger partial charge on any atom is 0.0409 e.